The summed E-state index contributed by atoms with van der Waals surface area (Å²) in [6.07, 6.45) is 0.350. The monoisotopic (exact) mass is 255 g/mol. The van der Waals surface area contributed by atoms with Crippen molar-refractivity contribution in [2.45, 2.75) is 25.3 Å². The molecule has 18 heavy (non-hydrogen) atoms. The molecule has 1 heterocycles. The molecule has 2 atom stereocenters. The number of carboxylic acids is 1. The Kier molecular flexibility index (Phi) is 3.34. The molecule has 2 unspecified atom stereocenters. The van der Waals surface area contributed by atoms with Crippen molar-refractivity contribution in [3.8, 4) is 0 Å². The Morgan fingerprint density at radius 1 is 1.44 bits per heavy atom. The Hall–Kier alpha value is -1.49. The van der Waals surface area contributed by atoms with Crippen molar-refractivity contribution in [1.82, 2.24) is 5.32 Å². The average molecular weight is 255 g/mol. The van der Waals surface area contributed by atoms with Crippen LogP contribution in [0.3, 0.4) is 0 Å². The van der Waals surface area contributed by atoms with Crippen LogP contribution in [-0.2, 0) is 10.7 Å². The van der Waals surface area contributed by atoms with E-state index in [-0.39, 0.29) is 11.6 Å². The van der Waals surface area contributed by atoms with Crippen molar-refractivity contribution in [3.63, 3.8) is 0 Å². The SMILES string of the molecule is CC(F)(F)c1ccccc1C1CC(C(=O)O)CN1. The van der Waals surface area contributed by atoms with E-state index in [0.29, 0.717) is 18.5 Å². The Morgan fingerprint density at radius 3 is 2.67 bits per heavy atom. The molecule has 98 valence electrons. The van der Waals surface area contributed by atoms with E-state index in [4.69, 9.17) is 5.11 Å². The fourth-order valence-corrected chi connectivity index (χ4v) is 2.36. The number of alkyl halides is 2. The summed E-state index contributed by atoms with van der Waals surface area (Å²) < 4.78 is 27.0. The van der Waals surface area contributed by atoms with Gasteiger partial charge in [-0.15, -0.1) is 0 Å². The molecule has 0 bridgehead atoms. The van der Waals surface area contributed by atoms with Gasteiger partial charge in [-0.05, 0) is 12.0 Å². The fourth-order valence-electron chi connectivity index (χ4n) is 2.36. The van der Waals surface area contributed by atoms with Gasteiger partial charge >= 0.3 is 5.97 Å². The normalized spacial score (nSPS) is 24.2. The van der Waals surface area contributed by atoms with E-state index in [1.807, 2.05) is 0 Å². The molecule has 0 aliphatic carbocycles. The number of rotatable bonds is 3. The van der Waals surface area contributed by atoms with Crippen LogP contribution in [0.2, 0.25) is 0 Å². The summed E-state index contributed by atoms with van der Waals surface area (Å²) in [6.45, 7) is 1.18. The number of carbonyl (C=O) groups is 1. The number of carboxylic acid groups (broad SMARTS) is 1. The molecule has 1 saturated heterocycles. The Labute approximate surface area is 104 Å². The molecule has 0 aromatic heterocycles. The zero-order valence-corrected chi connectivity index (χ0v) is 9.99. The number of nitrogens with one attached hydrogen (secondary N) is 1. The molecule has 1 aromatic rings. The molecule has 1 aliphatic rings. The molecule has 3 nitrogen and oxygen atoms in total. The van der Waals surface area contributed by atoms with E-state index < -0.39 is 17.8 Å². The highest BCUT2D eigenvalue weighted by molar-refractivity contribution is 5.70. The van der Waals surface area contributed by atoms with Gasteiger partial charge in [0.2, 0.25) is 0 Å². The van der Waals surface area contributed by atoms with E-state index in [2.05, 4.69) is 5.32 Å². The lowest BCUT2D eigenvalue weighted by atomic mass is 9.93. The molecule has 5 heteroatoms. The van der Waals surface area contributed by atoms with Gasteiger partial charge in [0.15, 0.2) is 0 Å². The zero-order valence-electron chi connectivity index (χ0n) is 9.99. The molecule has 1 aliphatic heterocycles. The van der Waals surface area contributed by atoms with Crippen LogP contribution in [0.15, 0.2) is 24.3 Å². The van der Waals surface area contributed by atoms with Crippen LogP contribution in [0.5, 0.6) is 0 Å². The first-order valence-electron chi connectivity index (χ1n) is 5.83. The van der Waals surface area contributed by atoms with Crippen molar-refractivity contribution in [3.05, 3.63) is 35.4 Å². The lowest BCUT2D eigenvalue weighted by Crippen LogP contribution is -2.19. The van der Waals surface area contributed by atoms with Crippen molar-refractivity contribution >= 4 is 5.97 Å². The van der Waals surface area contributed by atoms with E-state index in [9.17, 15) is 13.6 Å². The minimum Gasteiger partial charge on any atom is -0.481 e. The van der Waals surface area contributed by atoms with Gasteiger partial charge in [-0.2, -0.15) is 0 Å². The van der Waals surface area contributed by atoms with Crippen LogP contribution in [0.1, 0.15) is 30.5 Å². The van der Waals surface area contributed by atoms with E-state index >= 15 is 0 Å². The van der Waals surface area contributed by atoms with Gasteiger partial charge in [-0.1, -0.05) is 24.3 Å². The van der Waals surface area contributed by atoms with Crippen molar-refractivity contribution in [2.24, 2.45) is 5.92 Å². The highest BCUT2D eigenvalue weighted by atomic mass is 19.3. The molecule has 0 radical (unpaired) electrons. The number of benzene rings is 1. The highest BCUT2D eigenvalue weighted by Gasteiger charge is 2.35. The summed E-state index contributed by atoms with van der Waals surface area (Å²) in [7, 11) is 0. The maximum absolute atomic E-state index is 13.5. The van der Waals surface area contributed by atoms with Gasteiger partial charge in [0.1, 0.15) is 0 Å². The number of hydrogen-bond acceptors (Lipinski definition) is 2. The second-order valence-electron chi connectivity index (χ2n) is 4.71. The minimum absolute atomic E-state index is 0.0338. The predicted molar refractivity (Wildman–Crippen MR) is 62.5 cm³/mol. The van der Waals surface area contributed by atoms with E-state index in [1.165, 1.54) is 6.07 Å². The molecule has 1 aromatic carbocycles. The van der Waals surface area contributed by atoms with Crippen molar-refractivity contribution in [2.75, 3.05) is 6.54 Å². The maximum atomic E-state index is 13.5. The highest BCUT2D eigenvalue weighted by Crippen LogP contribution is 2.36. The summed E-state index contributed by atoms with van der Waals surface area (Å²) in [5.74, 6) is -4.31. The standard InChI is InChI=1S/C13H15F2NO2/c1-13(14,15)10-5-3-2-4-9(10)11-6-8(7-16-11)12(17)18/h2-5,8,11,16H,6-7H2,1H3,(H,17,18). The smallest absolute Gasteiger partial charge is 0.307 e. The summed E-state index contributed by atoms with van der Waals surface area (Å²) in [4.78, 5) is 10.9. The Balaban J connectivity index is 2.27. The summed E-state index contributed by atoms with van der Waals surface area (Å²) in [5, 5.41) is 11.9. The molecular formula is C13H15F2NO2. The van der Waals surface area contributed by atoms with Crippen molar-refractivity contribution < 1.29 is 18.7 Å². The quantitative estimate of drug-likeness (QED) is 0.872. The van der Waals surface area contributed by atoms with Crippen LogP contribution in [-0.4, -0.2) is 17.6 Å². The molecule has 1 fully saturated rings. The summed E-state index contributed by atoms with van der Waals surface area (Å²) in [6, 6.07) is 5.98. The maximum Gasteiger partial charge on any atom is 0.307 e. The molecule has 0 amide bonds. The Bertz CT molecular complexity index is 457. The third kappa shape index (κ3) is 2.51. The average Bonchev–Trinajstić information content (AvgIpc) is 2.77. The van der Waals surface area contributed by atoms with Gasteiger partial charge in [0, 0.05) is 25.1 Å². The first kappa shape index (κ1) is 13.0. The van der Waals surface area contributed by atoms with Gasteiger partial charge < -0.3 is 10.4 Å². The molecule has 2 rings (SSSR count). The zero-order chi connectivity index (χ0) is 13.3. The van der Waals surface area contributed by atoms with Gasteiger partial charge in [-0.25, -0.2) is 8.78 Å². The predicted octanol–water partition coefficient (Wildman–Crippen LogP) is 2.53. The minimum atomic E-state index is -2.92. The van der Waals surface area contributed by atoms with Crippen LogP contribution in [0.4, 0.5) is 8.78 Å². The number of aliphatic carboxylic acids is 1. The van der Waals surface area contributed by atoms with Gasteiger partial charge in [0.05, 0.1) is 5.92 Å². The van der Waals surface area contributed by atoms with Crippen LogP contribution in [0.25, 0.3) is 0 Å². The first-order chi connectivity index (χ1) is 8.39. The largest absolute Gasteiger partial charge is 0.481 e. The van der Waals surface area contributed by atoms with Crippen LogP contribution in [0, 0.1) is 5.92 Å². The van der Waals surface area contributed by atoms with Gasteiger partial charge in [-0.3, -0.25) is 4.79 Å². The Morgan fingerprint density at radius 2 is 2.11 bits per heavy atom. The lowest BCUT2D eigenvalue weighted by Gasteiger charge is -2.20. The number of halogens is 2. The molecular weight excluding hydrogens is 240 g/mol. The molecule has 0 saturated carbocycles. The second kappa shape index (κ2) is 4.65. The third-order valence-corrected chi connectivity index (χ3v) is 3.29. The number of hydrogen-bond donors (Lipinski definition) is 2. The van der Waals surface area contributed by atoms with E-state index in [1.54, 1.807) is 18.2 Å². The summed E-state index contributed by atoms with van der Waals surface area (Å²) in [5.41, 5.74) is 0.460. The topological polar surface area (TPSA) is 49.3 Å². The second-order valence-corrected chi connectivity index (χ2v) is 4.71. The van der Waals surface area contributed by atoms with Crippen LogP contribution < -0.4 is 5.32 Å². The summed E-state index contributed by atoms with van der Waals surface area (Å²) >= 11 is 0. The fraction of sp³-hybridized carbons (Fsp3) is 0.462. The molecule has 2 N–H and O–H groups in total. The van der Waals surface area contributed by atoms with Crippen molar-refractivity contribution in [1.29, 1.82) is 0 Å². The lowest BCUT2D eigenvalue weighted by molar-refractivity contribution is -0.141. The first-order valence-corrected chi connectivity index (χ1v) is 5.83. The molecule has 0 spiro atoms. The third-order valence-electron chi connectivity index (χ3n) is 3.29. The van der Waals surface area contributed by atoms with E-state index in [0.717, 1.165) is 6.92 Å². The van der Waals surface area contributed by atoms with Crippen LogP contribution >= 0.6 is 0 Å². The van der Waals surface area contributed by atoms with Gasteiger partial charge in [0.25, 0.3) is 5.92 Å².